The molecule has 4 nitrogen and oxygen atoms in total. The highest BCUT2D eigenvalue weighted by molar-refractivity contribution is 7.10. The summed E-state index contributed by atoms with van der Waals surface area (Å²) in [5, 5.41) is 12.6. The van der Waals surface area contributed by atoms with Crippen LogP contribution in [0.2, 0.25) is 5.02 Å². The predicted octanol–water partition coefficient (Wildman–Crippen LogP) is 4.19. The number of benzene rings is 1. The number of halogens is 4. The van der Waals surface area contributed by atoms with Crippen LogP contribution in [0, 0.1) is 0 Å². The molecule has 2 aromatic rings. The maximum absolute atomic E-state index is 12.3. The smallest absolute Gasteiger partial charge is 0.454 e. The Hall–Kier alpha value is -1.77. The fourth-order valence-corrected chi connectivity index (χ4v) is 2.36. The van der Waals surface area contributed by atoms with Gasteiger partial charge in [-0.25, -0.2) is 0 Å². The number of ether oxygens (including phenoxy) is 1. The lowest BCUT2D eigenvalue weighted by Gasteiger charge is -2.13. The molecular formula is C13H9ClF3NO3S. The van der Waals surface area contributed by atoms with Gasteiger partial charge in [0.05, 0.1) is 17.2 Å². The molecule has 0 fully saturated rings. The minimum absolute atomic E-state index is 0.0184. The van der Waals surface area contributed by atoms with Gasteiger partial charge in [-0.1, -0.05) is 11.6 Å². The summed E-state index contributed by atoms with van der Waals surface area (Å²) in [5.41, 5.74) is -0.218. The monoisotopic (exact) mass is 351 g/mol. The van der Waals surface area contributed by atoms with Gasteiger partial charge in [0.2, 0.25) is 0 Å². The molecule has 2 rings (SSSR count). The van der Waals surface area contributed by atoms with Crippen molar-refractivity contribution in [1.82, 2.24) is 0 Å². The van der Waals surface area contributed by atoms with Crippen molar-refractivity contribution in [1.29, 1.82) is 0 Å². The van der Waals surface area contributed by atoms with Crippen LogP contribution >= 0.6 is 22.9 Å². The quantitative estimate of drug-likeness (QED) is 0.868. The Kier molecular flexibility index (Phi) is 4.94. The summed E-state index contributed by atoms with van der Waals surface area (Å²) in [6.07, 6.45) is -5.03. The minimum Gasteiger partial charge on any atom is -0.454 e. The maximum Gasteiger partial charge on any atom is 0.471 e. The second-order valence-corrected chi connectivity index (χ2v) is 5.50. The molecule has 1 aromatic heterocycles. The predicted molar refractivity (Wildman–Crippen MR) is 76.5 cm³/mol. The molecule has 0 saturated heterocycles. The number of carbonyl (C=O) groups is 1. The molecule has 118 valence electrons. The van der Waals surface area contributed by atoms with E-state index in [4.69, 9.17) is 21.4 Å². The third kappa shape index (κ3) is 3.90. The molecule has 0 radical (unpaired) electrons. The molecule has 1 heterocycles. The summed E-state index contributed by atoms with van der Waals surface area (Å²) < 4.78 is 42.5. The fraction of sp³-hybridized carbons (Fsp3) is 0.154. The van der Waals surface area contributed by atoms with Crippen molar-refractivity contribution in [3.63, 3.8) is 0 Å². The zero-order valence-electron chi connectivity index (χ0n) is 10.8. The van der Waals surface area contributed by atoms with Crippen LogP contribution in [0.5, 0.6) is 11.5 Å². The lowest BCUT2D eigenvalue weighted by molar-refractivity contribution is -0.167. The summed E-state index contributed by atoms with van der Waals surface area (Å²) in [4.78, 5) is 11.6. The second-order valence-electron chi connectivity index (χ2n) is 4.06. The van der Waals surface area contributed by atoms with Crippen molar-refractivity contribution in [2.24, 2.45) is 0 Å². The van der Waals surface area contributed by atoms with E-state index >= 15 is 0 Å². The highest BCUT2D eigenvalue weighted by atomic mass is 35.5. The van der Waals surface area contributed by atoms with Crippen molar-refractivity contribution in [3.8, 4) is 11.5 Å². The molecule has 0 bridgehead atoms. The maximum atomic E-state index is 12.3. The summed E-state index contributed by atoms with van der Waals surface area (Å²) in [5.74, 6) is -1.86. The van der Waals surface area contributed by atoms with Gasteiger partial charge >= 0.3 is 12.1 Å². The van der Waals surface area contributed by atoms with Crippen LogP contribution in [0.15, 0.2) is 29.6 Å². The van der Waals surface area contributed by atoms with E-state index < -0.39 is 12.1 Å². The van der Waals surface area contributed by atoms with E-state index in [2.05, 4.69) is 0 Å². The molecule has 1 aromatic carbocycles. The Balaban J connectivity index is 2.30. The number of hydrogen-bond acceptors (Lipinski definition) is 4. The van der Waals surface area contributed by atoms with Crippen LogP contribution in [0.1, 0.15) is 4.88 Å². The first kappa shape index (κ1) is 16.6. The molecule has 22 heavy (non-hydrogen) atoms. The van der Waals surface area contributed by atoms with Crippen LogP contribution in [-0.4, -0.2) is 17.2 Å². The number of alkyl halides is 3. The molecule has 9 heteroatoms. The van der Waals surface area contributed by atoms with E-state index in [1.807, 2.05) is 0 Å². The molecule has 0 spiro atoms. The van der Waals surface area contributed by atoms with Crippen molar-refractivity contribution in [2.75, 3.05) is 5.32 Å². The Bertz CT molecular complexity index is 687. The van der Waals surface area contributed by atoms with Gasteiger partial charge in [-0.15, -0.1) is 11.3 Å². The van der Waals surface area contributed by atoms with Gasteiger partial charge in [0.15, 0.2) is 5.75 Å². The van der Waals surface area contributed by atoms with Crippen molar-refractivity contribution < 1.29 is 27.8 Å². The van der Waals surface area contributed by atoms with E-state index in [1.54, 1.807) is 16.8 Å². The third-order valence-corrected chi connectivity index (χ3v) is 3.64. The van der Waals surface area contributed by atoms with Crippen molar-refractivity contribution in [2.45, 2.75) is 12.8 Å². The first-order valence-corrected chi connectivity index (χ1v) is 7.10. The zero-order valence-corrected chi connectivity index (χ0v) is 12.4. The Morgan fingerprint density at radius 2 is 2.05 bits per heavy atom. The molecule has 0 atom stereocenters. The number of carbonyl (C=O) groups excluding carboxylic acids is 1. The number of amides is 1. The van der Waals surface area contributed by atoms with E-state index in [-0.39, 0.29) is 28.8 Å². The number of aliphatic hydroxyl groups excluding tert-OH is 1. The highest BCUT2D eigenvalue weighted by Gasteiger charge is 2.39. The van der Waals surface area contributed by atoms with Gasteiger partial charge < -0.3 is 15.2 Å². The molecule has 0 saturated carbocycles. The SMILES string of the molecule is O=C(Nc1cc(Cl)ccc1Oc1ccsc1CO)C(F)(F)F. The molecule has 2 N–H and O–H groups in total. The highest BCUT2D eigenvalue weighted by Crippen LogP contribution is 2.36. The summed E-state index contributed by atoms with van der Waals surface area (Å²) in [7, 11) is 0. The summed E-state index contributed by atoms with van der Waals surface area (Å²) >= 11 is 6.96. The topological polar surface area (TPSA) is 58.6 Å². The molecule has 1 amide bonds. The minimum atomic E-state index is -5.03. The molecule has 0 aliphatic rings. The van der Waals surface area contributed by atoms with Crippen LogP contribution in [0.4, 0.5) is 18.9 Å². The molecule has 0 aliphatic carbocycles. The fourth-order valence-electron chi connectivity index (χ4n) is 1.54. The van der Waals surface area contributed by atoms with Crippen molar-refractivity contribution >= 4 is 34.5 Å². The normalized spacial score (nSPS) is 11.3. The summed E-state index contributed by atoms with van der Waals surface area (Å²) in [6.45, 7) is -0.273. The van der Waals surface area contributed by atoms with Gasteiger partial charge in [-0.2, -0.15) is 13.2 Å². The van der Waals surface area contributed by atoms with Crippen LogP contribution in [-0.2, 0) is 11.4 Å². The zero-order chi connectivity index (χ0) is 16.3. The van der Waals surface area contributed by atoms with E-state index in [0.717, 1.165) is 6.07 Å². The first-order chi connectivity index (χ1) is 10.3. The number of hydrogen-bond donors (Lipinski definition) is 2. The number of rotatable bonds is 4. The van der Waals surface area contributed by atoms with Gasteiger partial charge in [-0.3, -0.25) is 4.79 Å². The number of anilines is 1. The van der Waals surface area contributed by atoms with Gasteiger partial charge in [0.1, 0.15) is 5.75 Å². The van der Waals surface area contributed by atoms with Gasteiger partial charge in [0, 0.05) is 5.02 Å². The molecular weight excluding hydrogens is 343 g/mol. The summed E-state index contributed by atoms with van der Waals surface area (Å²) in [6, 6.07) is 5.43. The van der Waals surface area contributed by atoms with Crippen LogP contribution in [0.3, 0.4) is 0 Å². The lowest BCUT2D eigenvalue weighted by atomic mass is 10.3. The Morgan fingerprint density at radius 1 is 1.32 bits per heavy atom. The van der Waals surface area contributed by atoms with Crippen LogP contribution in [0.25, 0.3) is 0 Å². The molecule has 0 unspecified atom stereocenters. The average molecular weight is 352 g/mol. The average Bonchev–Trinajstić information content (AvgIpc) is 2.88. The van der Waals surface area contributed by atoms with E-state index in [9.17, 15) is 18.0 Å². The standard InChI is InChI=1S/C13H9ClF3NO3S/c14-7-1-2-9(21-10-3-4-22-11(10)6-19)8(5-7)18-12(20)13(15,16)17/h1-5,19H,6H2,(H,18,20). The largest absolute Gasteiger partial charge is 0.471 e. The van der Waals surface area contributed by atoms with Crippen LogP contribution < -0.4 is 10.1 Å². The van der Waals surface area contributed by atoms with Gasteiger partial charge in [0.25, 0.3) is 0 Å². The Morgan fingerprint density at radius 3 is 2.68 bits per heavy atom. The first-order valence-electron chi connectivity index (χ1n) is 5.84. The van der Waals surface area contributed by atoms with E-state index in [1.165, 1.54) is 23.5 Å². The number of aliphatic hydroxyl groups is 1. The Labute approximate surface area is 132 Å². The third-order valence-electron chi connectivity index (χ3n) is 2.52. The van der Waals surface area contributed by atoms with Crippen molar-refractivity contribution in [3.05, 3.63) is 39.5 Å². The number of thiophene rings is 1. The number of nitrogens with one attached hydrogen (secondary N) is 1. The lowest BCUT2D eigenvalue weighted by Crippen LogP contribution is -2.30. The van der Waals surface area contributed by atoms with E-state index in [0.29, 0.717) is 4.88 Å². The van der Waals surface area contributed by atoms with Gasteiger partial charge in [-0.05, 0) is 29.6 Å². The molecule has 0 aliphatic heterocycles. The second kappa shape index (κ2) is 6.55.